The number of Topliss-reactive ketones (excluding diaryl/α,β-unsaturated/α-hetero) is 2. The Morgan fingerprint density at radius 2 is 0.918 bits per heavy atom. The second kappa shape index (κ2) is 19.9. The lowest BCUT2D eigenvalue weighted by atomic mass is 10.0. The second-order valence-corrected chi connectivity index (χ2v) is 14.8. The van der Waals surface area contributed by atoms with Crippen molar-refractivity contribution in [3.8, 4) is 28.3 Å². The van der Waals surface area contributed by atoms with Crippen LogP contribution < -0.4 is 4.65 Å². The predicted octanol–water partition coefficient (Wildman–Crippen LogP) is 9.35. The van der Waals surface area contributed by atoms with Crippen molar-refractivity contribution in [2.45, 2.75) is 13.8 Å². The van der Waals surface area contributed by atoms with E-state index in [9.17, 15) is 14.4 Å². The Balaban J connectivity index is 0.000000141. The van der Waals surface area contributed by atoms with Crippen molar-refractivity contribution in [1.29, 1.82) is 0 Å². The summed E-state index contributed by atoms with van der Waals surface area (Å²) in [7, 11) is 6.34. The largest absolute Gasteiger partial charge is 0.569 e. The number of rotatable bonds is 7. The monoisotopic (exact) mass is 923 g/mol. The average Bonchev–Trinajstić information content (AvgIpc) is 3.90. The summed E-state index contributed by atoms with van der Waals surface area (Å²) in [5, 5.41) is 33.5. The van der Waals surface area contributed by atoms with Crippen molar-refractivity contribution in [2.75, 3.05) is 0 Å². The molecule has 9 rings (SSSR count). The molecule has 1 radical (unpaired) electrons. The van der Waals surface area contributed by atoms with Crippen molar-refractivity contribution < 1.29 is 29.2 Å². The third-order valence-electron chi connectivity index (χ3n) is 9.59. The van der Waals surface area contributed by atoms with Crippen LogP contribution in [0, 0.1) is 3.70 Å². The Morgan fingerprint density at radius 1 is 0.541 bits per heavy atom. The molecule has 0 amide bonds. The van der Waals surface area contributed by atoms with E-state index in [-0.39, 0.29) is 17.1 Å². The van der Waals surface area contributed by atoms with Crippen molar-refractivity contribution in [2.24, 2.45) is 21.1 Å². The number of carbonyl (C=O) groups is 3. The first kappa shape index (κ1) is 43.7. The first-order valence-electron chi connectivity index (χ1n) is 19.0. The highest BCUT2D eigenvalue weighted by molar-refractivity contribution is 14.1. The molecular weight excluding hydrogens is 882 g/mol. The molecule has 0 spiro atoms. The van der Waals surface area contributed by atoms with E-state index in [0.29, 0.717) is 13.4 Å². The van der Waals surface area contributed by atoms with E-state index in [1.54, 1.807) is 48.9 Å². The molecule has 2 N–H and O–H groups in total. The van der Waals surface area contributed by atoms with Gasteiger partial charge in [0.15, 0.2) is 11.6 Å². The van der Waals surface area contributed by atoms with Gasteiger partial charge in [-0.2, -0.15) is 15.3 Å². The molecule has 0 atom stereocenters. The lowest BCUT2D eigenvalue weighted by molar-refractivity contribution is 0.0696. The maximum Gasteiger partial charge on any atom is 0.569 e. The number of carbonyl (C=O) groups excluding carboxylic acids is 2. The van der Waals surface area contributed by atoms with Gasteiger partial charge in [-0.25, -0.2) is 4.79 Å². The predicted molar refractivity (Wildman–Crippen MR) is 248 cm³/mol. The molecule has 3 aromatic heterocycles. The Kier molecular flexibility index (Phi) is 14.2. The minimum absolute atomic E-state index is 0.0739. The van der Waals surface area contributed by atoms with Crippen molar-refractivity contribution >= 4 is 80.5 Å². The van der Waals surface area contributed by atoms with E-state index in [2.05, 4.69) is 42.5 Å². The molecule has 0 saturated carbocycles. The zero-order chi connectivity index (χ0) is 43.6. The summed E-state index contributed by atoms with van der Waals surface area (Å²) in [5.74, 6) is -0.124. The smallest absolute Gasteiger partial charge is 0.537 e. The number of hydrogen-bond donors (Lipinski definition) is 2. The molecule has 0 fully saturated rings. The minimum Gasteiger partial charge on any atom is -0.537 e. The van der Waals surface area contributed by atoms with E-state index in [1.165, 1.54) is 0 Å². The van der Waals surface area contributed by atoms with Gasteiger partial charge in [0.25, 0.3) is 0 Å². The number of aromatic carboxylic acids is 1. The quantitative estimate of drug-likeness (QED) is 0.0904. The van der Waals surface area contributed by atoms with Gasteiger partial charge in [-0.3, -0.25) is 23.6 Å². The van der Waals surface area contributed by atoms with Crippen molar-refractivity contribution in [3.05, 3.63) is 166 Å². The molecule has 14 heteroatoms. The van der Waals surface area contributed by atoms with Gasteiger partial charge in [-0.1, -0.05) is 78.9 Å². The lowest BCUT2D eigenvalue weighted by Gasteiger charge is -1.99. The zero-order valence-corrected chi connectivity index (χ0v) is 36.2. The van der Waals surface area contributed by atoms with Crippen molar-refractivity contribution in [3.63, 3.8) is 0 Å². The maximum atomic E-state index is 11.5. The minimum atomic E-state index is -0.926. The average molecular weight is 924 g/mol. The zero-order valence-electron chi connectivity index (χ0n) is 34.0. The summed E-state index contributed by atoms with van der Waals surface area (Å²) < 4.78 is 11.0. The second-order valence-electron chi connectivity index (χ2n) is 13.7. The summed E-state index contributed by atoms with van der Waals surface area (Å²) in [6.45, 7) is 3.16. The maximum absolute atomic E-state index is 11.5. The molecule has 12 nitrogen and oxygen atoms in total. The third-order valence-corrected chi connectivity index (χ3v) is 10.4. The summed E-state index contributed by atoms with van der Waals surface area (Å²) in [6.07, 6.45) is 0. The van der Waals surface area contributed by atoms with Crippen LogP contribution in [0.15, 0.2) is 146 Å². The van der Waals surface area contributed by atoms with Gasteiger partial charge in [0.2, 0.25) is 0 Å². The first-order valence-corrected chi connectivity index (χ1v) is 20.0. The van der Waals surface area contributed by atoms with Crippen LogP contribution in [0.1, 0.15) is 44.9 Å². The van der Waals surface area contributed by atoms with Crippen LogP contribution in [0.3, 0.4) is 0 Å². The van der Waals surface area contributed by atoms with E-state index in [0.717, 1.165) is 70.1 Å². The molecule has 61 heavy (non-hydrogen) atoms. The van der Waals surface area contributed by atoms with Gasteiger partial charge in [0.1, 0.15) is 15.1 Å². The van der Waals surface area contributed by atoms with Gasteiger partial charge < -0.3 is 14.8 Å². The van der Waals surface area contributed by atoms with Crippen LogP contribution in [-0.4, -0.2) is 64.7 Å². The topological polar surface area (TPSA) is 154 Å². The first-order chi connectivity index (χ1) is 29.4. The number of aryl methyl sites for hydroxylation is 3. The highest BCUT2D eigenvalue weighted by atomic mass is 127. The fraction of sp³-hybridized carbons (Fsp3) is 0.106. The van der Waals surface area contributed by atoms with E-state index < -0.39 is 5.97 Å². The van der Waals surface area contributed by atoms with E-state index >= 15 is 0 Å². The van der Waals surface area contributed by atoms with Gasteiger partial charge in [-0.15, -0.1) is 0 Å². The number of hydrogen-bond acceptors (Lipinski definition) is 8. The Bertz CT molecular complexity index is 2830. The molecule has 0 aliphatic carbocycles. The molecule has 0 aliphatic heterocycles. The molecule has 0 aliphatic rings. The molecular formula is C47H41BIN6O6. The van der Waals surface area contributed by atoms with Crippen LogP contribution in [0.25, 0.3) is 55.2 Å². The SMILES string of the molecule is CC(=O)c1ccc2c(c1)c(-c1ccccc1)nn2C.CC(=O)c1ccc2c(c1)c(I)nn2C.Cn1nc(-c2ccccc2)c2cc(C(=O)O)ccc21.O[B]Oc1ccccc1. The number of fused-ring (bicyclic) bond motifs is 3. The fourth-order valence-corrected chi connectivity index (χ4v) is 7.26. The van der Waals surface area contributed by atoms with Gasteiger partial charge in [0, 0.05) is 59.6 Å². The number of carboxylic acids is 1. The van der Waals surface area contributed by atoms with Gasteiger partial charge in [-0.05, 0) is 103 Å². The summed E-state index contributed by atoms with van der Waals surface area (Å²) in [5.41, 5.74) is 8.51. The lowest BCUT2D eigenvalue weighted by Crippen LogP contribution is -1.98. The van der Waals surface area contributed by atoms with Crippen molar-refractivity contribution in [1.82, 2.24) is 29.3 Å². The highest BCUT2D eigenvalue weighted by Crippen LogP contribution is 2.30. The number of carboxylic acid groups (broad SMARTS) is 1. The highest BCUT2D eigenvalue weighted by Gasteiger charge is 2.14. The van der Waals surface area contributed by atoms with Crippen LogP contribution >= 0.6 is 22.6 Å². The van der Waals surface area contributed by atoms with Crippen LogP contribution in [-0.2, 0) is 21.1 Å². The molecule has 0 unspecified atom stereocenters. The Morgan fingerprint density at radius 3 is 1.34 bits per heavy atom. The number of aromatic nitrogens is 6. The number of nitrogens with zero attached hydrogens (tertiary/aromatic N) is 6. The third kappa shape index (κ3) is 10.5. The summed E-state index contributed by atoms with van der Waals surface area (Å²) >= 11 is 2.18. The standard InChI is InChI=1S/C16H14N2O.C15H12N2O2.C10H9IN2O.C6H6BO2/c1-11(19)13-8-9-15-14(10-13)16(17-18(15)2)12-6-4-3-5-7-12;1-17-13-8-7-11(15(18)19)9-12(13)14(16-17)10-5-3-2-4-6-10;1-6(14)7-3-4-9-8(5-7)10(11)12-13(9)2;8-7-9-6-4-2-1-3-5-6/h3-10H,1-2H3;2-9H,1H3,(H,18,19);3-5H,1-2H3;1-5,8H. The Hall–Kier alpha value is -6.91. The molecule has 0 bridgehead atoms. The summed E-state index contributed by atoms with van der Waals surface area (Å²) in [6, 6.07) is 45.3. The normalized spacial score (nSPS) is 10.5. The fourth-order valence-electron chi connectivity index (χ4n) is 6.50. The molecule has 6 aromatic carbocycles. The molecule has 0 saturated heterocycles. The van der Waals surface area contributed by atoms with E-state index in [1.807, 2.05) is 146 Å². The van der Waals surface area contributed by atoms with Gasteiger partial charge >= 0.3 is 13.7 Å². The number of ketones is 2. The van der Waals surface area contributed by atoms with Crippen LogP contribution in [0.4, 0.5) is 0 Å². The number of halogens is 1. The number of benzene rings is 6. The Labute approximate surface area is 366 Å². The summed E-state index contributed by atoms with van der Waals surface area (Å²) in [4.78, 5) is 33.8. The van der Waals surface area contributed by atoms with Gasteiger partial charge in [0.05, 0.1) is 27.9 Å². The molecule has 9 aromatic rings. The van der Waals surface area contributed by atoms with E-state index in [4.69, 9.17) is 10.1 Å². The molecule has 305 valence electrons. The molecule has 3 heterocycles. The van der Waals surface area contributed by atoms with Crippen LogP contribution in [0.2, 0.25) is 0 Å². The van der Waals surface area contributed by atoms with Crippen LogP contribution in [0.5, 0.6) is 5.75 Å². The number of para-hydroxylation sites is 1.